The first-order chi connectivity index (χ1) is 5.08. The Balaban J connectivity index is 2.35. The zero-order chi connectivity index (χ0) is 8.32. The minimum atomic E-state index is -0.874. The summed E-state index contributed by atoms with van der Waals surface area (Å²) in [6.45, 7) is 8.24. The van der Waals surface area contributed by atoms with Gasteiger partial charge in [0.1, 0.15) is 0 Å². The lowest BCUT2D eigenvalue weighted by Gasteiger charge is -2.14. The van der Waals surface area contributed by atoms with Crippen LogP contribution in [-0.4, -0.2) is 17.9 Å². The standard InChI is InChI=1S/C8H16N2Si/c1-11(2,3)8-7-10-6-4-5-9-10/h4-6H,7-8H2,1-3H3. The third-order valence-corrected chi connectivity index (χ3v) is 3.37. The van der Waals surface area contributed by atoms with E-state index in [-0.39, 0.29) is 0 Å². The van der Waals surface area contributed by atoms with Crippen LogP contribution in [-0.2, 0) is 6.54 Å². The van der Waals surface area contributed by atoms with Gasteiger partial charge in [-0.3, -0.25) is 4.68 Å². The Morgan fingerprint density at radius 2 is 2.09 bits per heavy atom. The van der Waals surface area contributed by atoms with Crippen LogP contribution >= 0.6 is 0 Å². The number of aryl methyl sites for hydroxylation is 1. The molecular formula is C8H16N2Si. The van der Waals surface area contributed by atoms with Crippen LogP contribution in [0.5, 0.6) is 0 Å². The first kappa shape index (κ1) is 8.52. The topological polar surface area (TPSA) is 17.8 Å². The minimum absolute atomic E-state index is 0.874. The molecule has 0 aliphatic heterocycles. The lowest BCUT2D eigenvalue weighted by Crippen LogP contribution is -2.21. The summed E-state index contributed by atoms with van der Waals surface area (Å²) in [5.41, 5.74) is 0. The molecule has 1 aromatic heterocycles. The molecule has 2 nitrogen and oxygen atoms in total. The summed E-state index contributed by atoms with van der Waals surface area (Å²) < 4.78 is 2.01. The molecule has 0 bridgehead atoms. The van der Waals surface area contributed by atoms with Crippen LogP contribution in [0, 0.1) is 0 Å². The Hall–Kier alpha value is -0.573. The third-order valence-electron chi connectivity index (χ3n) is 1.65. The molecule has 0 fully saturated rings. The van der Waals surface area contributed by atoms with Gasteiger partial charge in [0.2, 0.25) is 0 Å². The van der Waals surface area contributed by atoms with Crippen LogP contribution in [0.15, 0.2) is 18.5 Å². The zero-order valence-electron chi connectivity index (χ0n) is 7.54. The normalized spacial score (nSPS) is 11.9. The molecule has 0 saturated carbocycles. The van der Waals surface area contributed by atoms with Crippen LogP contribution in [0.4, 0.5) is 0 Å². The van der Waals surface area contributed by atoms with Crippen LogP contribution in [0.25, 0.3) is 0 Å². The second-order valence-corrected chi connectivity index (χ2v) is 9.70. The largest absolute Gasteiger partial charge is 0.273 e. The van der Waals surface area contributed by atoms with E-state index in [1.54, 1.807) is 0 Å². The summed E-state index contributed by atoms with van der Waals surface area (Å²) in [5, 5.41) is 4.16. The SMILES string of the molecule is C[Si](C)(C)CCn1cccn1. The maximum Gasteiger partial charge on any atom is 0.0489 e. The third kappa shape index (κ3) is 3.37. The molecule has 0 atom stereocenters. The van der Waals surface area contributed by atoms with Gasteiger partial charge in [-0.05, 0) is 12.1 Å². The van der Waals surface area contributed by atoms with Gasteiger partial charge < -0.3 is 0 Å². The molecular weight excluding hydrogens is 152 g/mol. The first-order valence-electron chi connectivity index (χ1n) is 4.05. The second kappa shape index (κ2) is 3.22. The van der Waals surface area contributed by atoms with E-state index in [0.717, 1.165) is 6.54 Å². The number of nitrogens with zero attached hydrogens (tertiary/aromatic N) is 2. The van der Waals surface area contributed by atoms with Crippen LogP contribution in [0.1, 0.15) is 0 Å². The van der Waals surface area contributed by atoms with E-state index in [2.05, 4.69) is 24.7 Å². The highest BCUT2D eigenvalue weighted by Crippen LogP contribution is 2.08. The Kier molecular flexibility index (Phi) is 2.49. The van der Waals surface area contributed by atoms with Crippen molar-refractivity contribution in [1.29, 1.82) is 0 Å². The molecule has 0 N–H and O–H groups in total. The van der Waals surface area contributed by atoms with E-state index < -0.39 is 8.07 Å². The van der Waals surface area contributed by atoms with Crippen molar-refractivity contribution >= 4 is 8.07 Å². The van der Waals surface area contributed by atoms with E-state index in [0.29, 0.717) is 0 Å². The van der Waals surface area contributed by atoms with E-state index in [9.17, 15) is 0 Å². The van der Waals surface area contributed by atoms with Gasteiger partial charge in [0.05, 0.1) is 0 Å². The number of aromatic nitrogens is 2. The Labute approximate surface area is 69.2 Å². The van der Waals surface area contributed by atoms with Gasteiger partial charge in [-0.25, -0.2) is 0 Å². The molecule has 0 unspecified atom stereocenters. The van der Waals surface area contributed by atoms with Crippen molar-refractivity contribution < 1.29 is 0 Å². The van der Waals surface area contributed by atoms with Crippen molar-refractivity contribution in [3.8, 4) is 0 Å². The molecule has 1 heterocycles. The Morgan fingerprint density at radius 1 is 1.36 bits per heavy atom. The predicted octanol–water partition coefficient (Wildman–Crippen LogP) is 2.22. The second-order valence-electron chi connectivity index (χ2n) is 4.08. The van der Waals surface area contributed by atoms with Gasteiger partial charge in [-0.15, -0.1) is 0 Å². The van der Waals surface area contributed by atoms with E-state index in [1.165, 1.54) is 6.04 Å². The monoisotopic (exact) mass is 168 g/mol. The van der Waals surface area contributed by atoms with E-state index in [1.807, 2.05) is 23.1 Å². The summed E-state index contributed by atoms with van der Waals surface area (Å²) in [6, 6.07) is 3.29. The van der Waals surface area contributed by atoms with E-state index >= 15 is 0 Å². The van der Waals surface area contributed by atoms with Crippen molar-refractivity contribution in [3.05, 3.63) is 18.5 Å². The minimum Gasteiger partial charge on any atom is -0.273 e. The van der Waals surface area contributed by atoms with Gasteiger partial charge in [0.25, 0.3) is 0 Å². The molecule has 0 spiro atoms. The van der Waals surface area contributed by atoms with Crippen molar-refractivity contribution in [1.82, 2.24) is 9.78 Å². The molecule has 1 rings (SSSR count). The first-order valence-corrected chi connectivity index (χ1v) is 7.76. The zero-order valence-corrected chi connectivity index (χ0v) is 8.54. The molecule has 11 heavy (non-hydrogen) atoms. The lowest BCUT2D eigenvalue weighted by molar-refractivity contribution is 0.653. The maximum absolute atomic E-state index is 4.16. The summed E-state index contributed by atoms with van der Waals surface area (Å²) in [7, 11) is -0.874. The highest BCUT2D eigenvalue weighted by Gasteiger charge is 2.11. The molecule has 0 radical (unpaired) electrons. The highest BCUT2D eigenvalue weighted by atomic mass is 28.3. The smallest absolute Gasteiger partial charge is 0.0489 e. The molecule has 0 saturated heterocycles. The van der Waals surface area contributed by atoms with Gasteiger partial charge in [-0.1, -0.05) is 19.6 Å². The summed E-state index contributed by atoms with van der Waals surface area (Å²) >= 11 is 0. The fourth-order valence-electron chi connectivity index (χ4n) is 0.883. The molecule has 1 aromatic rings. The molecule has 0 amide bonds. The molecule has 0 aliphatic rings. The fraction of sp³-hybridized carbons (Fsp3) is 0.625. The number of hydrogen-bond acceptors (Lipinski definition) is 1. The summed E-state index contributed by atoms with van der Waals surface area (Å²) in [5.74, 6) is 0. The van der Waals surface area contributed by atoms with Crippen molar-refractivity contribution in [2.24, 2.45) is 0 Å². The molecule has 62 valence electrons. The average molecular weight is 168 g/mol. The van der Waals surface area contributed by atoms with Crippen molar-refractivity contribution in [2.45, 2.75) is 32.2 Å². The highest BCUT2D eigenvalue weighted by molar-refractivity contribution is 6.76. The van der Waals surface area contributed by atoms with Crippen molar-refractivity contribution in [2.75, 3.05) is 0 Å². The summed E-state index contributed by atoms with van der Waals surface area (Å²) in [4.78, 5) is 0. The van der Waals surface area contributed by atoms with Gasteiger partial charge >= 0.3 is 0 Å². The molecule has 0 aromatic carbocycles. The van der Waals surface area contributed by atoms with Gasteiger partial charge in [0.15, 0.2) is 0 Å². The van der Waals surface area contributed by atoms with Crippen LogP contribution in [0.2, 0.25) is 25.7 Å². The Bertz CT molecular complexity index is 198. The van der Waals surface area contributed by atoms with Crippen LogP contribution < -0.4 is 0 Å². The van der Waals surface area contributed by atoms with Crippen LogP contribution in [0.3, 0.4) is 0 Å². The maximum atomic E-state index is 4.16. The van der Waals surface area contributed by atoms with Gasteiger partial charge in [0, 0.05) is 27.0 Å². The fourth-order valence-corrected chi connectivity index (χ4v) is 1.78. The molecule has 3 heteroatoms. The predicted molar refractivity (Wildman–Crippen MR) is 50.4 cm³/mol. The summed E-state index contributed by atoms with van der Waals surface area (Å²) in [6.07, 6.45) is 3.87. The number of hydrogen-bond donors (Lipinski definition) is 0. The van der Waals surface area contributed by atoms with Gasteiger partial charge in [-0.2, -0.15) is 5.10 Å². The van der Waals surface area contributed by atoms with Crippen molar-refractivity contribution in [3.63, 3.8) is 0 Å². The quantitative estimate of drug-likeness (QED) is 0.633. The average Bonchev–Trinajstić information content (AvgIpc) is 2.32. The number of rotatable bonds is 3. The van der Waals surface area contributed by atoms with E-state index in [4.69, 9.17) is 0 Å². The molecule has 0 aliphatic carbocycles. The Morgan fingerprint density at radius 3 is 2.55 bits per heavy atom. The lowest BCUT2D eigenvalue weighted by atomic mass is 10.7.